The number of fused-ring (bicyclic) bond motifs is 1. The van der Waals surface area contributed by atoms with E-state index in [4.69, 9.17) is 11.6 Å². The zero-order valence-corrected chi connectivity index (χ0v) is 13.9. The highest BCUT2D eigenvalue weighted by Gasteiger charge is 2.21. The SMILES string of the molecule is CNC(=O)c1cc(NC(=O)N[C@@H]2CCc3cn[nH]c3C2)ccc1Cl. The minimum atomic E-state index is -0.312. The molecule has 0 saturated carbocycles. The summed E-state index contributed by atoms with van der Waals surface area (Å²) in [7, 11) is 1.53. The molecule has 1 aliphatic rings. The fourth-order valence-electron chi connectivity index (χ4n) is 2.80. The van der Waals surface area contributed by atoms with Gasteiger partial charge in [-0.25, -0.2) is 4.79 Å². The van der Waals surface area contributed by atoms with Crippen molar-refractivity contribution in [1.82, 2.24) is 20.8 Å². The van der Waals surface area contributed by atoms with Crippen LogP contribution in [0.3, 0.4) is 0 Å². The largest absolute Gasteiger partial charge is 0.355 e. The minimum Gasteiger partial charge on any atom is -0.355 e. The summed E-state index contributed by atoms with van der Waals surface area (Å²) in [6.07, 6.45) is 4.31. The fourth-order valence-corrected chi connectivity index (χ4v) is 3.00. The van der Waals surface area contributed by atoms with E-state index in [1.165, 1.54) is 12.6 Å². The van der Waals surface area contributed by atoms with Gasteiger partial charge in [-0.2, -0.15) is 5.10 Å². The molecule has 3 rings (SSSR count). The molecule has 4 N–H and O–H groups in total. The quantitative estimate of drug-likeness (QED) is 0.684. The molecular weight excluding hydrogens is 330 g/mol. The lowest BCUT2D eigenvalue weighted by Crippen LogP contribution is -2.41. The number of urea groups is 1. The van der Waals surface area contributed by atoms with E-state index >= 15 is 0 Å². The van der Waals surface area contributed by atoms with E-state index < -0.39 is 0 Å². The second kappa shape index (κ2) is 6.92. The van der Waals surface area contributed by atoms with E-state index in [2.05, 4.69) is 26.1 Å². The second-order valence-electron chi connectivity index (χ2n) is 5.69. The summed E-state index contributed by atoms with van der Waals surface area (Å²) < 4.78 is 0. The normalized spacial score (nSPS) is 16.2. The number of aromatic nitrogens is 2. The molecule has 1 aliphatic carbocycles. The van der Waals surface area contributed by atoms with E-state index in [-0.39, 0.29) is 18.0 Å². The zero-order chi connectivity index (χ0) is 17.1. The van der Waals surface area contributed by atoms with Gasteiger partial charge >= 0.3 is 6.03 Å². The number of hydrogen-bond acceptors (Lipinski definition) is 3. The number of aryl methyl sites for hydroxylation is 1. The van der Waals surface area contributed by atoms with Crippen LogP contribution in [-0.4, -0.2) is 35.2 Å². The van der Waals surface area contributed by atoms with Crippen molar-refractivity contribution >= 4 is 29.2 Å². The van der Waals surface area contributed by atoms with Crippen LogP contribution >= 0.6 is 11.6 Å². The van der Waals surface area contributed by atoms with E-state index in [0.717, 1.165) is 25.0 Å². The van der Waals surface area contributed by atoms with Crippen molar-refractivity contribution in [2.75, 3.05) is 12.4 Å². The van der Waals surface area contributed by atoms with Crippen molar-refractivity contribution in [3.8, 4) is 0 Å². The van der Waals surface area contributed by atoms with Crippen LogP contribution < -0.4 is 16.0 Å². The number of hydrogen-bond donors (Lipinski definition) is 4. The first-order valence-corrected chi connectivity index (χ1v) is 8.05. The maximum Gasteiger partial charge on any atom is 0.319 e. The molecule has 1 aromatic carbocycles. The van der Waals surface area contributed by atoms with Gasteiger partial charge in [-0.1, -0.05) is 11.6 Å². The van der Waals surface area contributed by atoms with Crippen LogP contribution in [-0.2, 0) is 12.8 Å². The first kappa shape index (κ1) is 16.3. The van der Waals surface area contributed by atoms with Crippen LogP contribution in [0.2, 0.25) is 5.02 Å². The monoisotopic (exact) mass is 347 g/mol. The number of carbonyl (C=O) groups excluding carboxylic acids is 2. The number of H-pyrrole nitrogens is 1. The number of aromatic amines is 1. The minimum absolute atomic E-state index is 0.0451. The Morgan fingerprint density at radius 1 is 1.38 bits per heavy atom. The number of benzene rings is 1. The van der Waals surface area contributed by atoms with E-state index in [9.17, 15) is 9.59 Å². The molecule has 3 amide bonds. The molecule has 126 valence electrons. The third-order valence-corrected chi connectivity index (χ3v) is 4.38. The van der Waals surface area contributed by atoms with E-state index in [1.54, 1.807) is 18.2 Å². The maximum atomic E-state index is 12.2. The summed E-state index contributed by atoms with van der Waals surface area (Å²) in [4.78, 5) is 23.9. The van der Waals surface area contributed by atoms with Gasteiger partial charge in [-0.15, -0.1) is 0 Å². The third kappa shape index (κ3) is 3.51. The molecule has 8 heteroatoms. The Balaban J connectivity index is 1.62. The van der Waals surface area contributed by atoms with Crippen molar-refractivity contribution in [2.45, 2.75) is 25.3 Å². The number of rotatable bonds is 3. The van der Waals surface area contributed by atoms with Gasteiger partial charge in [0.2, 0.25) is 0 Å². The fraction of sp³-hybridized carbons (Fsp3) is 0.312. The van der Waals surface area contributed by atoms with Crippen molar-refractivity contribution < 1.29 is 9.59 Å². The summed E-state index contributed by atoms with van der Waals surface area (Å²) >= 11 is 6.00. The Morgan fingerprint density at radius 3 is 3.00 bits per heavy atom. The lowest BCUT2D eigenvalue weighted by atomic mass is 9.94. The summed E-state index contributed by atoms with van der Waals surface area (Å²) in [5.74, 6) is -0.303. The first-order chi connectivity index (χ1) is 11.6. The number of nitrogens with one attached hydrogen (secondary N) is 4. The topological polar surface area (TPSA) is 98.9 Å². The van der Waals surface area contributed by atoms with Gasteiger partial charge in [0.25, 0.3) is 5.91 Å². The van der Waals surface area contributed by atoms with Crippen LogP contribution in [0.5, 0.6) is 0 Å². The van der Waals surface area contributed by atoms with E-state index in [1.807, 2.05) is 6.20 Å². The Labute approximate surface area is 144 Å². The average molecular weight is 348 g/mol. The number of halogens is 1. The zero-order valence-electron chi connectivity index (χ0n) is 13.1. The lowest BCUT2D eigenvalue weighted by molar-refractivity contribution is 0.0963. The first-order valence-electron chi connectivity index (χ1n) is 7.67. The molecule has 7 nitrogen and oxygen atoms in total. The molecule has 0 aliphatic heterocycles. The third-order valence-electron chi connectivity index (χ3n) is 4.05. The summed E-state index contributed by atoms with van der Waals surface area (Å²) in [5.41, 5.74) is 3.10. The maximum absolute atomic E-state index is 12.2. The lowest BCUT2D eigenvalue weighted by Gasteiger charge is -2.23. The molecular formula is C16H18ClN5O2. The smallest absolute Gasteiger partial charge is 0.319 e. The summed E-state index contributed by atoms with van der Waals surface area (Å²) in [6.45, 7) is 0. The molecule has 24 heavy (non-hydrogen) atoms. The standard InChI is InChI=1S/C16H18ClN5O2/c1-18-15(23)12-6-10(4-5-13(12)17)20-16(24)21-11-3-2-9-8-19-22-14(9)7-11/h4-6,8,11H,2-3,7H2,1H3,(H,18,23)(H,19,22)(H2,20,21,24)/t11-/m1/s1. The molecule has 0 spiro atoms. The number of carbonyl (C=O) groups is 2. The highest BCUT2D eigenvalue weighted by Crippen LogP contribution is 2.21. The molecule has 2 aromatic rings. The highest BCUT2D eigenvalue weighted by atomic mass is 35.5. The molecule has 0 unspecified atom stereocenters. The number of nitrogens with zero attached hydrogens (tertiary/aromatic N) is 1. The molecule has 1 atom stereocenters. The second-order valence-corrected chi connectivity index (χ2v) is 6.09. The molecule has 0 saturated heterocycles. The van der Waals surface area contributed by atoms with Gasteiger partial charge < -0.3 is 16.0 Å². The molecule has 1 heterocycles. The van der Waals surface area contributed by atoms with Gasteiger partial charge in [0.05, 0.1) is 16.8 Å². The van der Waals surface area contributed by atoms with Crippen LogP contribution in [0.15, 0.2) is 24.4 Å². The van der Waals surface area contributed by atoms with Crippen LogP contribution in [0.4, 0.5) is 10.5 Å². The predicted octanol–water partition coefficient (Wildman–Crippen LogP) is 2.10. The van der Waals surface area contributed by atoms with Gasteiger partial charge in [-0.3, -0.25) is 9.89 Å². The van der Waals surface area contributed by atoms with Crippen LogP contribution in [0, 0.1) is 0 Å². The van der Waals surface area contributed by atoms with E-state index in [0.29, 0.717) is 16.3 Å². The summed E-state index contributed by atoms with van der Waals surface area (Å²) in [6, 6.07) is 4.52. The van der Waals surface area contributed by atoms with Crippen LogP contribution in [0.1, 0.15) is 28.0 Å². The van der Waals surface area contributed by atoms with Gasteiger partial charge in [0.15, 0.2) is 0 Å². The Morgan fingerprint density at radius 2 is 2.21 bits per heavy atom. The highest BCUT2D eigenvalue weighted by molar-refractivity contribution is 6.34. The van der Waals surface area contributed by atoms with Crippen molar-refractivity contribution in [1.29, 1.82) is 0 Å². The predicted molar refractivity (Wildman–Crippen MR) is 91.4 cm³/mol. The van der Waals surface area contributed by atoms with Gasteiger partial charge in [0.1, 0.15) is 0 Å². The Hall–Kier alpha value is -2.54. The van der Waals surface area contributed by atoms with Gasteiger partial charge in [-0.05, 0) is 36.6 Å². The Kier molecular flexibility index (Phi) is 4.71. The Bertz CT molecular complexity index is 774. The molecule has 0 fully saturated rings. The number of anilines is 1. The average Bonchev–Trinajstić information content (AvgIpc) is 3.03. The van der Waals surface area contributed by atoms with Gasteiger partial charge in [0, 0.05) is 30.9 Å². The number of amides is 3. The van der Waals surface area contributed by atoms with Crippen molar-refractivity contribution in [2.24, 2.45) is 0 Å². The molecule has 1 aromatic heterocycles. The summed E-state index contributed by atoms with van der Waals surface area (Å²) in [5, 5.41) is 15.5. The molecule has 0 radical (unpaired) electrons. The van der Waals surface area contributed by atoms with Crippen LogP contribution in [0.25, 0.3) is 0 Å². The molecule has 0 bridgehead atoms. The van der Waals surface area contributed by atoms with Crippen molar-refractivity contribution in [3.63, 3.8) is 0 Å². The van der Waals surface area contributed by atoms with Crippen molar-refractivity contribution in [3.05, 3.63) is 46.2 Å².